The smallest absolute Gasteiger partial charge is 0.200 e. The minimum atomic E-state index is -1.74. The van der Waals surface area contributed by atoms with Crippen molar-refractivity contribution < 1.29 is 8.85 Å². The molecular weight excluding hydrogens is 400 g/mol. The van der Waals surface area contributed by atoms with Crippen LogP contribution in [0.15, 0.2) is 0 Å². The van der Waals surface area contributed by atoms with Crippen molar-refractivity contribution in [2.45, 2.75) is 143 Å². The molecule has 4 heteroatoms. The summed E-state index contributed by atoms with van der Waals surface area (Å²) < 4.78 is 13.6. The second-order valence-corrected chi connectivity index (χ2v) is 22.8. The monoisotopic (exact) mass is 458 g/mol. The van der Waals surface area contributed by atoms with Crippen molar-refractivity contribution in [2.75, 3.05) is 13.2 Å². The molecule has 0 saturated carbocycles. The van der Waals surface area contributed by atoms with Gasteiger partial charge in [0.25, 0.3) is 0 Å². The van der Waals surface area contributed by atoms with Crippen molar-refractivity contribution >= 4 is 16.6 Å². The molecule has 0 bridgehead atoms. The van der Waals surface area contributed by atoms with Crippen molar-refractivity contribution in [3.63, 3.8) is 0 Å². The van der Waals surface area contributed by atoms with Gasteiger partial charge in [-0.2, -0.15) is 0 Å². The van der Waals surface area contributed by atoms with Crippen molar-refractivity contribution in [3.8, 4) is 0 Å². The summed E-state index contributed by atoms with van der Waals surface area (Å²) in [6.07, 6.45) is 2.34. The van der Waals surface area contributed by atoms with Crippen LogP contribution >= 0.6 is 0 Å². The van der Waals surface area contributed by atoms with Gasteiger partial charge in [-0.25, -0.2) is 0 Å². The van der Waals surface area contributed by atoms with Gasteiger partial charge in [-0.1, -0.05) is 96.9 Å². The Morgan fingerprint density at radius 1 is 0.400 bits per heavy atom. The van der Waals surface area contributed by atoms with Crippen LogP contribution < -0.4 is 0 Å². The highest BCUT2D eigenvalue weighted by molar-refractivity contribution is 6.78. The summed E-state index contributed by atoms with van der Waals surface area (Å²) in [5.41, 5.74) is 4.00. The molecule has 0 fully saturated rings. The fourth-order valence-electron chi connectivity index (χ4n) is 6.41. The summed E-state index contributed by atoms with van der Waals surface area (Å²) in [6, 6.07) is 0. The molecule has 0 unspecified atom stereocenters. The van der Waals surface area contributed by atoms with Crippen LogP contribution in [0.2, 0.25) is 33.2 Å². The Morgan fingerprint density at radius 3 is 0.767 bits per heavy atom. The Morgan fingerprint density at radius 2 is 0.600 bits per heavy atom. The maximum absolute atomic E-state index is 6.80. The first-order valence-corrected chi connectivity index (χ1v) is 17.2. The lowest BCUT2D eigenvalue weighted by Gasteiger charge is -2.43. The minimum Gasteiger partial charge on any atom is -0.416 e. The largest absolute Gasteiger partial charge is 0.416 e. The Bertz CT molecular complexity index is 372. The highest BCUT2D eigenvalue weighted by atomic mass is 28.4. The molecule has 0 amide bonds. The molecule has 0 aromatic carbocycles. The van der Waals surface area contributed by atoms with Crippen LogP contribution in [-0.4, -0.2) is 29.8 Å². The summed E-state index contributed by atoms with van der Waals surface area (Å²) in [5, 5.41) is 0. The van der Waals surface area contributed by atoms with E-state index in [4.69, 9.17) is 8.85 Å². The van der Waals surface area contributed by atoms with Gasteiger partial charge in [0, 0.05) is 13.2 Å². The maximum Gasteiger partial charge on any atom is 0.200 e. The second kappa shape index (κ2) is 13.2. The Kier molecular flexibility index (Phi) is 13.3. The SMILES string of the molecule is CC(C)[Si](OCC[C@H](C)[C@@H](C)CCO[Si](C(C)C)(C(C)C)C(C)C)(C(C)C)C(C)C. The zero-order valence-corrected chi connectivity index (χ0v) is 25.3. The molecule has 0 N–H and O–H groups in total. The zero-order chi connectivity index (χ0) is 23.9. The molecule has 0 radical (unpaired) electrons. The van der Waals surface area contributed by atoms with Gasteiger partial charge in [-0.05, 0) is 57.9 Å². The molecule has 0 saturated heterocycles. The molecule has 0 aromatic rings. The number of rotatable bonds is 15. The van der Waals surface area contributed by atoms with E-state index in [-0.39, 0.29) is 0 Å². The Hall–Kier alpha value is 0.354. The Balaban J connectivity index is 4.81. The predicted octanol–water partition coefficient (Wildman–Crippen LogP) is 9.42. The molecule has 0 rings (SSSR count). The van der Waals surface area contributed by atoms with Crippen molar-refractivity contribution in [3.05, 3.63) is 0 Å². The van der Waals surface area contributed by atoms with E-state index in [1.54, 1.807) is 0 Å². The summed E-state index contributed by atoms with van der Waals surface area (Å²) >= 11 is 0. The standard InChI is InChI=1S/C26H58O2Si2/c1-19(2)29(20(3)4,21(5)6)27-17-15-25(13)26(14)16-18-28-30(22(7)8,23(9)10)24(11)12/h19-26H,15-18H2,1-14H3/t25-,26-/m0/s1. The number of hydrogen-bond acceptors (Lipinski definition) is 2. The van der Waals surface area contributed by atoms with Crippen LogP contribution in [0.1, 0.15) is 110 Å². The van der Waals surface area contributed by atoms with Gasteiger partial charge in [-0.3, -0.25) is 0 Å². The molecule has 2 nitrogen and oxygen atoms in total. The summed E-state index contributed by atoms with van der Waals surface area (Å²) in [7, 11) is -3.47. The van der Waals surface area contributed by atoms with Gasteiger partial charge in [0.05, 0.1) is 0 Å². The highest BCUT2D eigenvalue weighted by Gasteiger charge is 2.46. The van der Waals surface area contributed by atoms with Gasteiger partial charge in [0.15, 0.2) is 16.6 Å². The van der Waals surface area contributed by atoms with E-state index in [2.05, 4.69) is 96.9 Å². The molecule has 30 heavy (non-hydrogen) atoms. The fraction of sp³-hybridized carbons (Fsp3) is 1.00. The van der Waals surface area contributed by atoms with Crippen LogP contribution in [0.4, 0.5) is 0 Å². The van der Waals surface area contributed by atoms with E-state index in [0.717, 1.165) is 13.2 Å². The third-order valence-electron chi connectivity index (χ3n) is 8.24. The molecular formula is C26H58O2Si2. The highest BCUT2D eigenvalue weighted by Crippen LogP contribution is 2.43. The molecule has 0 aliphatic heterocycles. The van der Waals surface area contributed by atoms with Crippen LogP contribution in [0.5, 0.6) is 0 Å². The van der Waals surface area contributed by atoms with E-state index in [9.17, 15) is 0 Å². The van der Waals surface area contributed by atoms with Gasteiger partial charge in [0.2, 0.25) is 0 Å². The van der Waals surface area contributed by atoms with E-state index in [0.29, 0.717) is 45.1 Å². The van der Waals surface area contributed by atoms with E-state index >= 15 is 0 Å². The molecule has 0 aromatic heterocycles. The topological polar surface area (TPSA) is 18.5 Å². The van der Waals surface area contributed by atoms with Crippen LogP contribution in [0, 0.1) is 11.8 Å². The number of hydrogen-bond donors (Lipinski definition) is 0. The van der Waals surface area contributed by atoms with Gasteiger partial charge >= 0.3 is 0 Å². The molecule has 0 spiro atoms. The first-order valence-electron chi connectivity index (χ1n) is 13.0. The second-order valence-electron chi connectivity index (χ2n) is 11.9. The summed E-state index contributed by atoms with van der Waals surface area (Å²) in [4.78, 5) is 0. The molecule has 0 aliphatic rings. The van der Waals surface area contributed by atoms with Gasteiger partial charge < -0.3 is 8.85 Å². The van der Waals surface area contributed by atoms with Crippen molar-refractivity contribution in [2.24, 2.45) is 11.8 Å². The lowest BCUT2D eigenvalue weighted by Crippen LogP contribution is -2.48. The quantitative estimate of drug-likeness (QED) is 0.227. The molecule has 182 valence electrons. The summed E-state index contributed by atoms with van der Waals surface area (Å²) in [5.74, 6) is 1.36. The molecule has 0 heterocycles. The Labute approximate surface area is 193 Å². The first-order chi connectivity index (χ1) is 13.7. The average Bonchev–Trinajstić information content (AvgIpc) is 2.59. The first kappa shape index (κ1) is 30.4. The predicted molar refractivity (Wildman–Crippen MR) is 142 cm³/mol. The van der Waals surface area contributed by atoms with Crippen molar-refractivity contribution in [1.29, 1.82) is 0 Å². The third-order valence-corrected chi connectivity index (χ3v) is 20.5. The van der Waals surface area contributed by atoms with E-state index < -0.39 is 16.6 Å². The summed E-state index contributed by atoms with van der Waals surface area (Å²) in [6.45, 7) is 35.2. The van der Waals surface area contributed by atoms with E-state index in [1.807, 2.05) is 0 Å². The maximum atomic E-state index is 6.80. The lowest BCUT2D eigenvalue weighted by molar-refractivity contribution is 0.197. The minimum absolute atomic E-state index is 0.666. The average molecular weight is 459 g/mol. The zero-order valence-electron chi connectivity index (χ0n) is 23.3. The van der Waals surface area contributed by atoms with Gasteiger partial charge in [-0.15, -0.1) is 0 Å². The fourth-order valence-corrected chi connectivity index (χ4v) is 17.4. The van der Waals surface area contributed by atoms with E-state index in [1.165, 1.54) is 12.8 Å². The van der Waals surface area contributed by atoms with Crippen LogP contribution in [0.25, 0.3) is 0 Å². The van der Waals surface area contributed by atoms with Crippen molar-refractivity contribution in [1.82, 2.24) is 0 Å². The molecule has 2 atom stereocenters. The normalized spacial score (nSPS) is 16.0. The van der Waals surface area contributed by atoms with Crippen LogP contribution in [0.3, 0.4) is 0 Å². The van der Waals surface area contributed by atoms with Gasteiger partial charge in [0.1, 0.15) is 0 Å². The van der Waals surface area contributed by atoms with Crippen LogP contribution in [-0.2, 0) is 8.85 Å². The molecule has 0 aliphatic carbocycles. The lowest BCUT2D eigenvalue weighted by atomic mass is 9.91. The third kappa shape index (κ3) is 7.18.